The zero-order valence-electron chi connectivity index (χ0n) is 12.9. The summed E-state index contributed by atoms with van der Waals surface area (Å²) in [5.74, 6) is 1.92. The lowest BCUT2D eigenvalue weighted by molar-refractivity contribution is 0.179. The van der Waals surface area contributed by atoms with E-state index in [2.05, 4.69) is 34.0 Å². The van der Waals surface area contributed by atoms with Gasteiger partial charge in [-0.3, -0.25) is 4.90 Å². The van der Waals surface area contributed by atoms with Gasteiger partial charge in [0.15, 0.2) is 0 Å². The van der Waals surface area contributed by atoms with Gasteiger partial charge in [-0.25, -0.2) is 9.97 Å². The molecule has 0 atom stereocenters. The van der Waals surface area contributed by atoms with Crippen molar-refractivity contribution in [3.8, 4) is 5.88 Å². The predicted octanol–water partition coefficient (Wildman–Crippen LogP) is 2.51. The van der Waals surface area contributed by atoms with Gasteiger partial charge in [0.1, 0.15) is 18.8 Å². The number of nitrogens with one attached hydrogen (secondary N) is 1. The summed E-state index contributed by atoms with van der Waals surface area (Å²) in [7, 11) is 1.88. The Morgan fingerprint density at radius 3 is 2.65 bits per heavy atom. The smallest absolute Gasteiger partial charge is 0.222 e. The van der Waals surface area contributed by atoms with Crippen molar-refractivity contribution in [3.63, 3.8) is 0 Å². The van der Waals surface area contributed by atoms with Crippen molar-refractivity contribution in [2.45, 2.75) is 39.0 Å². The second-order valence-corrected chi connectivity index (χ2v) is 5.60. The van der Waals surface area contributed by atoms with E-state index in [1.165, 1.54) is 32.4 Å². The van der Waals surface area contributed by atoms with Crippen LogP contribution in [0.25, 0.3) is 0 Å². The zero-order valence-corrected chi connectivity index (χ0v) is 12.9. The summed E-state index contributed by atoms with van der Waals surface area (Å²) in [6, 6.07) is 0. The molecular formula is C15H26N4O. The third-order valence-corrected chi connectivity index (χ3v) is 3.76. The lowest BCUT2D eigenvalue weighted by Gasteiger charge is -2.26. The molecule has 0 unspecified atom stereocenters. The van der Waals surface area contributed by atoms with Crippen LogP contribution in [0.2, 0.25) is 0 Å². The number of ether oxygens (including phenoxy) is 1. The van der Waals surface area contributed by atoms with Gasteiger partial charge in [-0.15, -0.1) is 0 Å². The van der Waals surface area contributed by atoms with Crippen LogP contribution in [0.4, 0.5) is 5.82 Å². The molecule has 2 heterocycles. The zero-order chi connectivity index (χ0) is 14.4. The van der Waals surface area contributed by atoms with Crippen molar-refractivity contribution >= 4 is 5.82 Å². The minimum absolute atomic E-state index is 0.337. The molecule has 0 amide bonds. The van der Waals surface area contributed by atoms with Crippen LogP contribution < -0.4 is 10.1 Å². The highest BCUT2D eigenvalue weighted by molar-refractivity contribution is 5.50. The maximum absolute atomic E-state index is 5.91. The van der Waals surface area contributed by atoms with E-state index in [0.29, 0.717) is 12.5 Å². The van der Waals surface area contributed by atoms with E-state index in [9.17, 15) is 0 Å². The Hall–Kier alpha value is -1.36. The number of piperidine rings is 1. The molecule has 5 nitrogen and oxygen atoms in total. The Morgan fingerprint density at radius 2 is 2.00 bits per heavy atom. The molecule has 0 saturated carbocycles. The fourth-order valence-electron chi connectivity index (χ4n) is 2.67. The Kier molecular flexibility index (Phi) is 5.59. The first kappa shape index (κ1) is 15.0. The third kappa shape index (κ3) is 3.82. The average Bonchev–Trinajstić information content (AvgIpc) is 2.47. The number of hydrogen-bond donors (Lipinski definition) is 1. The van der Waals surface area contributed by atoms with Gasteiger partial charge in [0, 0.05) is 13.6 Å². The maximum atomic E-state index is 5.91. The molecule has 1 aliphatic rings. The van der Waals surface area contributed by atoms with E-state index in [-0.39, 0.29) is 0 Å². The first-order valence-electron chi connectivity index (χ1n) is 7.60. The molecule has 1 aliphatic heterocycles. The molecule has 1 aromatic rings. The van der Waals surface area contributed by atoms with Gasteiger partial charge >= 0.3 is 0 Å². The minimum Gasteiger partial charge on any atom is -0.476 e. The number of nitrogens with zero attached hydrogens (tertiary/aromatic N) is 3. The van der Waals surface area contributed by atoms with E-state index in [4.69, 9.17) is 4.74 Å². The first-order valence-corrected chi connectivity index (χ1v) is 7.60. The van der Waals surface area contributed by atoms with Crippen LogP contribution in [0, 0.1) is 0 Å². The Morgan fingerprint density at radius 1 is 1.25 bits per heavy atom. The van der Waals surface area contributed by atoms with Crippen molar-refractivity contribution in [1.29, 1.82) is 0 Å². The van der Waals surface area contributed by atoms with Crippen LogP contribution in [-0.4, -0.2) is 48.2 Å². The van der Waals surface area contributed by atoms with Crippen molar-refractivity contribution in [1.82, 2.24) is 14.9 Å². The Bertz CT molecular complexity index is 416. The van der Waals surface area contributed by atoms with Crippen LogP contribution in [0.15, 0.2) is 6.33 Å². The summed E-state index contributed by atoms with van der Waals surface area (Å²) < 4.78 is 5.91. The van der Waals surface area contributed by atoms with E-state index < -0.39 is 0 Å². The molecule has 0 aromatic carbocycles. The lowest BCUT2D eigenvalue weighted by Crippen LogP contribution is -2.33. The molecule has 5 heteroatoms. The highest BCUT2D eigenvalue weighted by Crippen LogP contribution is 2.29. The summed E-state index contributed by atoms with van der Waals surface area (Å²) in [5, 5.41) is 3.12. The highest BCUT2D eigenvalue weighted by Gasteiger charge is 2.16. The molecule has 2 rings (SSSR count). The normalized spacial score (nSPS) is 16.4. The van der Waals surface area contributed by atoms with Gasteiger partial charge in [-0.1, -0.05) is 20.3 Å². The molecule has 20 heavy (non-hydrogen) atoms. The second kappa shape index (κ2) is 7.43. The van der Waals surface area contributed by atoms with E-state index in [0.717, 1.165) is 23.8 Å². The summed E-state index contributed by atoms with van der Waals surface area (Å²) >= 11 is 0. The standard InChI is InChI=1S/C15H26N4O/c1-12(2)13-14(16-3)17-11-18-15(13)20-10-9-19-7-5-4-6-8-19/h11-12H,4-10H2,1-3H3,(H,16,17,18). The van der Waals surface area contributed by atoms with Crippen LogP contribution >= 0.6 is 0 Å². The van der Waals surface area contributed by atoms with Gasteiger partial charge in [0.2, 0.25) is 5.88 Å². The molecule has 1 aromatic heterocycles. The average molecular weight is 278 g/mol. The number of aromatic nitrogens is 2. The van der Waals surface area contributed by atoms with E-state index in [1.807, 2.05) is 7.05 Å². The number of likely N-dealkylation sites (tertiary alicyclic amines) is 1. The molecule has 0 aliphatic carbocycles. The predicted molar refractivity (Wildman–Crippen MR) is 81.5 cm³/mol. The molecule has 1 fully saturated rings. The van der Waals surface area contributed by atoms with Gasteiger partial charge in [0.05, 0.1) is 5.56 Å². The van der Waals surface area contributed by atoms with Crippen molar-refractivity contribution in [2.24, 2.45) is 0 Å². The topological polar surface area (TPSA) is 50.3 Å². The molecule has 112 valence electrons. The van der Waals surface area contributed by atoms with Crippen LogP contribution in [0.3, 0.4) is 0 Å². The van der Waals surface area contributed by atoms with Gasteiger partial charge in [-0.05, 0) is 31.8 Å². The molecule has 0 spiro atoms. The van der Waals surface area contributed by atoms with E-state index >= 15 is 0 Å². The van der Waals surface area contributed by atoms with Crippen LogP contribution in [0.1, 0.15) is 44.6 Å². The van der Waals surface area contributed by atoms with Crippen molar-refractivity contribution in [2.75, 3.05) is 38.6 Å². The molecule has 0 radical (unpaired) electrons. The fraction of sp³-hybridized carbons (Fsp3) is 0.733. The Balaban J connectivity index is 1.94. The SMILES string of the molecule is CNc1ncnc(OCCN2CCCCC2)c1C(C)C. The molecule has 1 saturated heterocycles. The summed E-state index contributed by atoms with van der Waals surface area (Å²) in [6.45, 7) is 8.35. The van der Waals surface area contributed by atoms with Crippen LogP contribution in [0.5, 0.6) is 5.88 Å². The maximum Gasteiger partial charge on any atom is 0.222 e. The Labute approximate surface area is 121 Å². The summed E-state index contributed by atoms with van der Waals surface area (Å²) in [4.78, 5) is 11.0. The number of hydrogen-bond acceptors (Lipinski definition) is 5. The monoisotopic (exact) mass is 278 g/mol. The van der Waals surface area contributed by atoms with Gasteiger partial charge in [-0.2, -0.15) is 0 Å². The fourth-order valence-corrected chi connectivity index (χ4v) is 2.67. The number of anilines is 1. The van der Waals surface area contributed by atoms with Crippen molar-refractivity contribution in [3.05, 3.63) is 11.9 Å². The second-order valence-electron chi connectivity index (χ2n) is 5.60. The lowest BCUT2D eigenvalue weighted by atomic mass is 10.1. The minimum atomic E-state index is 0.337. The summed E-state index contributed by atoms with van der Waals surface area (Å²) in [5.41, 5.74) is 1.06. The van der Waals surface area contributed by atoms with Gasteiger partial charge in [0.25, 0.3) is 0 Å². The molecular weight excluding hydrogens is 252 g/mol. The van der Waals surface area contributed by atoms with Crippen LogP contribution in [-0.2, 0) is 0 Å². The first-order chi connectivity index (χ1) is 9.72. The quantitative estimate of drug-likeness (QED) is 0.866. The number of rotatable bonds is 6. The van der Waals surface area contributed by atoms with Crippen molar-refractivity contribution < 1.29 is 4.74 Å². The summed E-state index contributed by atoms with van der Waals surface area (Å²) in [6.07, 6.45) is 5.56. The van der Waals surface area contributed by atoms with E-state index in [1.54, 1.807) is 6.33 Å². The largest absolute Gasteiger partial charge is 0.476 e. The third-order valence-electron chi connectivity index (χ3n) is 3.76. The molecule has 1 N–H and O–H groups in total. The highest BCUT2D eigenvalue weighted by atomic mass is 16.5. The van der Waals surface area contributed by atoms with Gasteiger partial charge < -0.3 is 10.1 Å². The molecule has 0 bridgehead atoms.